The number of nitrogens with one attached hydrogen (secondary N) is 2. The maximum atomic E-state index is 16.5. The highest BCUT2D eigenvalue weighted by Crippen LogP contribution is 2.59. The van der Waals surface area contributed by atoms with E-state index in [-0.39, 0.29) is 58.3 Å². The highest BCUT2D eigenvalue weighted by Gasteiger charge is 2.55. The van der Waals surface area contributed by atoms with E-state index in [1.54, 1.807) is 30.5 Å². The Kier molecular flexibility index (Phi) is 8.16. The highest BCUT2D eigenvalue weighted by molar-refractivity contribution is 5.88. The number of H-pyrrole nitrogens is 2. The second-order valence-corrected chi connectivity index (χ2v) is 18.3. The van der Waals surface area contributed by atoms with Gasteiger partial charge in [-0.25, -0.2) is 9.97 Å². The van der Waals surface area contributed by atoms with Crippen molar-refractivity contribution in [2.75, 3.05) is 6.54 Å². The van der Waals surface area contributed by atoms with Crippen molar-refractivity contribution >= 4 is 22.8 Å². The van der Waals surface area contributed by atoms with Crippen molar-refractivity contribution in [3.63, 3.8) is 0 Å². The van der Waals surface area contributed by atoms with Gasteiger partial charge in [-0.05, 0) is 108 Å². The van der Waals surface area contributed by atoms with Crippen LogP contribution in [0.3, 0.4) is 0 Å². The number of aromatic amines is 2. The van der Waals surface area contributed by atoms with Gasteiger partial charge >= 0.3 is 0 Å². The number of rotatable bonds is 8. The minimum atomic E-state index is -3.22. The standard InChI is InChI=1S/C45H50F2N8O2/c1-22(2)37(48)42(56)54-21-44(13-14-44)19-36(54)40-50-20-35(53-40)26-7-11-30-29-10-6-24(16-31(29)45(46,47)32(30)17-26)25-8-12-33-34(18-25)52-41(51-33)39-27-5-9-28(15-27)55(39)43(57)38(49)23(3)4/h6-8,10-12,16-18,20,22-23,27-28,36-39H,5,9,13-15,19,21,48-49H2,1-4H3,(H,50,53)(H,51,52)/t27?,28?,36?,37?,38?,39-/m0/s1. The molecule has 2 saturated heterocycles. The molecule has 4 fully saturated rings. The molecule has 4 heterocycles. The number of benzene rings is 3. The third-order valence-corrected chi connectivity index (χ3v) is 13.9. The first-order valence-electron chi connectivity index (χ1n) is 20.6. The average molecular weight is 773 g/mol. The fourth-order valence-corrected chi connectivity index (χ4v) is 10.2. The summed E-state index contributed by atoms with van der Waals surface area (Å²) >= 11 is 0. The number of carbonyl (C=O) groups is 2. The van der Waals surface area contributed by atoms with Gasteiger partial charge in [0.05, 0.1) is 47.1 Å². The van der Waals surface area contributed by atoms with Gasteiger partial charge in [0.25, 0.3) is 5.92 Å². The number of hydrogen-bond acceptors (Lipinski definition) is 6. The molecule has 296 valence electrons. The van der Waals surface area contributed by atoms with Crippen molar-refractivity contribution in [3.8, 4) is 33.5 Å². The lowest BCUT2D eigenvalue weighted by molar-refractivity contribution is -0.138. The lowest BCUT2D eigenvalue weighted by atomic mass is 9.96. The van der Waals surface area contributed by atoms with Gasteiger partial charge in [-0.15, -0.1) is 0 Å². The SMILES string of the molecule is CC(C)C(N)C(=O)N1CC2(CC2)CC1c1ncc(-c2ccc3c(c2)C(F)(F)c2cc(-c4ccc5[nH]c([C@@H]6C7CCC(C7)N6C(=O)C(N)C(C)C)nc5c4)ccc2-3)[nH]1. The van der Waals surface area contributed by atoms with E-state index in [9.17, 15) is 9.59 Å². The van der Waals surface area contributed by atoms with Gasteiger partial charge in [0, 0.05) is 29.3 Å². The summed E-state index contributed by atoms with van der Waals surface area (Å²) in [4.78, 5) is 47.4. The molecule has 10 nitrogen and oxygen atoms in total. The molecule has 2 bridgehead atoms. The molecule has 0 radical (unpaired) electrons. The monoisotopic (exact) mass is 772 g/mol. The Morgan fingerprint density at radius 1 is 0.825 bits per heavy atom. The van der Waals surface area contributed by atoms with E-state index in [1.165, 1.54) is 0 Å². The van der Waals surface area contributed by atoms with Crippen LogP contribution in [0.5, 0.6) is 0 Å². The first-order valence-corrected chi connectivity index (χ1v) is 20.6. The van der Waals surface area contributed by atoms with Crippen molar-refractivity contribution in [1.29, 1.82) is 0 Å². The van der Waals surface area contributed by atoms with Crippen molar-refractivity contribution in [3.05, 3.63) is 83.6 Å². The number of nitrogens with zero attached hydrogens (tertiary/aromatic N) is 4. The summed E-state index contributed by atoms with van der Waals surface area (Å²) < 4.78 is 33.0. The van der Waals surface area contributed by atoms with Crippen LogP contribution in [0.25, 0.3) is 44.5 Å². The number of halogens is 2. The van der Waals surface area contributed by atoms with Crippen LogP contribution >= 0.6 is 0 Å². The van der Waals surface area contributed by atoms with E-state index < -0.39 is 18.0 Å². The molecule has 6 N–H and O–H groups in total. The molecule has 12 heteroatoms. The number of alkyl halides is 2. The predicted molar refractivity (Wildman–Crippen MR) is 215 cm³/mol. The lowest BCUT2D eigenvalue weighted by Gasteiger charge is -2.36. The van der Waals surface area contributed by atoms with Crippen LogP contribution in [0.2, 0.25) is 0 Å². The molecule has 5 aliphatic rings. The molecule has 5 aromatic rings. The molecule has 5 unspecified atom stereocenters. The van der Waals surface area contributed by atoms with Crippen LogP contribution in [0, 0.1) is 23.2 Å². The van der Waals surface area contributed by atoms with E-state index in [0.29, 0.717) is 46.2 Å². The number of amides is 2. The summed E-state index contributed by atoms with van der Waals surface area (Å²) in [5, 5.41) is 0. The van der Waals surface area contributed by atoms with Gasteiger partial charge in [0.2, 0.25) is 11.8 Å². The first-order chi connectivity index (χ1) is 27.2. The van der Waals surface area contributed by atoms with Gasteiger partial charge in [0.15, 0.2) is 0 Å². The van der Waals surface area contributed by atoms with Gasteiger partial charge in [-0.2, -0.15) is 8.78 Å². The molecule has 2 aromatic heterocycles. The Morgan fingerprint density at radius 2 is 1.47 bits per heavy atom. The molecule has 1 spiro atoms. The van der Waals surface area contributed by atoms with Gasteiger partial charge in [-0.3, -0.25) is 9.59 Å². The fraction of sp³-hybridized carbons (Fsp3) is 0.467. The number of fused-ring (bicyclic) bond motifs is 6. The van der Waals surface area contributed by atoms with E-state index in [1.807, 2.05) is 67.8 Å². The predicted octanol–water partition coefficient (Wildman–Crippen LogP) is 7.81. The lowest BCUT2D eigenvalue weighted by Crippen LogP contribution is -2.50. The molecule has 3 aromatic carbocycles. The number of likely N-dealkylation sites (tertiary alicyclic amines) is 2. The zero-order valence-electron chi connectivity index (χ0n) is 32.9. The Balaban J connectivity index is 0.916. The Labute approximate surface area is 330 Å². The number of piperidine rings is 1. The van der Waals surface area contributed by atoms with Crippen LogP contribution in [0.4, 0.5) is 8.78 Å². The molecular formula is C45H50F2N8O2. The molecule has 2 aliphatic heterocycles. The van der Waals surface area contributed by atoms with Crippen LogP contribution in [-0.4, -0.2) is 66.2 Å². The van der Waals surface area contributed by atoms with Crippen LogP contribution in [0.1, 0.15) is 101 Å². The van der Waals surface area contributed by atoms with E-state index in [0.717, 1.165) is 60.9 Å². The summed E-state index contributed by atoms with van der Waals surface area (Å²) in [5.41, 5.74) is 18.0. The molecule has 2 saturated carbocycles. The summed E-state index contributed by atoms with van der Waals surface area (Å²) in [5.74, 6) is -1.52. The van der Waals surface area contributed by atoms with E-state index >= 15 is 8.78 Å². The molecular weight excluding hydrogens is 723 g/mol. The van der Waals surface area contributed by atoms with Crippen LogP contribution in [-0.2, 0) is 15.5 Å². The first kappa shape index (κ1) is 36.4. The maximum Gasteiger partial charge on any atom is 0.299 e. The van der Waals surface area contributed by atoms with Gasteiger partial charge < -0.3 is 31.2 Å². The number of carbonyl (C=O) groups excluding carboxylic acids is 2. The van der Waals surface area contributed by atoms with Gasteiger partial charge in [-0.1, -0.05) is 58.0 Å². The zero-order valence-corrected chi connectivity index (χ0v) is 32.9. The summed E-state index contributed by atoms with van der Waals surface area (Å²) in [6, 6.07) is 14.9. The number of hydrogen-bond donors (Lipinski definition) is 4. The third kappa shape index (κ3) is 5.68. The zero-order chi connectivity index (χ0) is 39.7. The number of nitrogens with two attached hydrogens (primary N) is 2. The van der Waals surface area contributed by atoms with Crippen molar-refractivity contribution in [2.24, 2.45) is 34.6 Å². The van der Waals surface area contributed by atoms with Gasteiger partial charge in [0.1, 0.15) is 11.6 Å². The molecule has 10 rings (SSSR count). The molecule has 6 atom stereocenters. The topological polar surface area (TPSA) is 150 Å². The summed E-state index contributed by atoms with van der Waals surface area (Å²) in [6.45, 7) is 8.52. The smallest absolute Gasteiger partial charge is 0.299 e. The summed E-state index contributed by atoms with van der Waals surface area (Å²) in [7, 11) is 0. The van der Waals surface area contributed by atoms with E-state index in [4.69, 9.17) is 21.4 Å². The van der Waals surface area contributed by atoms with Crippen LogP contribution < -0.4 is 11.5 Å². The fourth-order valence-electron chi connectivity index (χ4n) is 10.2. The Hall–Kier alpha value is -4.94. The summed E-state index contributed by atoms with van der Waals surface area (Å²) in [6.07, 6.45) is 7.65. The highest BCUT2D eigenvalue weighted by atomic mass is 19.3. The normalized spacial score (nSPS) is 24.9. The second kappa shape index (κ2) is 12.8. The molecule has 57 heavy (non-hydrogen) atoms. The van der Waals surface area contributed by atoms with Crippen molar-refractivity contribution in [1.82, 2.24) is 29.7 Å². The van der Waals surface area contributed by atoms with Crippen LogP contribution in [0.15, 0.2) is 60.8 Å². The third-order valence-electron chi connectivity index (χ3n) is 13.9. The molecule has 3 aliphatic carbocycles. The van der Waals surface area contributed by atoms with Crippen molar-refractivity contribution in [2.45, 2.75) is 102 Å². The van der Waals surface area contributed by atoms with Crippen molar-refractivity contribution < 1.29 is 18.4 Å². The average Bonchev–Trinajstić information content (AvgIpc) is 3.85. The van der Waals surface area contributed by atoms with E-state index in [2.05, 4.69) is 9.97 Å². The minimum Gasteiger partial charge on any atom is -0.340 e. The number of imidazole rings is 2. The second-order valence-electron chi connectivity index (χ2n) is 18.3. The largest absolute Gasteiger partial charge is 0.340 e. The molecule has 2 amide bonds. The minimum absolute atomic E-state index is 0.0135. The quantitative estimate of drug-likeness (QED) is 0.126. The maximum absolute atomic E-state index is 16.5. The number of aromatic nitrogens is 4. The Morgan fingerprint density at radius 3 is 2.18 bits per heavy atom. The Bertz CT molecular complexity index is 2450.